The summed E-state index contributed by atoms with van der Waals surface area (Å²) in [6.07, 6.45) is 3.24. The van der Waals surface area contributed by atoms with Gasteiger partial charge in [0.1, 0.15) is 0 Å². The van der Waals surface area contributed by atoms with Crippen molar-refractivity contribution in [3.8, 4) is 0 Å². The molecule has 22 heavy (non-hydrogen) atoms. The van der Waals surface area contributed by atoms with Crippen molar-refractivity contribution in [2.45, 2.75) is 37.6 Å². The van der Waals surface area contributed by atoms with E-state index in [-0.39, 0.29) is 36.2 Å². The SMILES string of the molecule is CC1NCCCC1NC(=O)c1ccc(CS(C)(=O)=O)cc1.Cl. The summed E-state index contributed by atoms with van der Waals surface area (Å²) < 4.78 is 22.5. The van der Waals surface area contributed by atoms with Crippen molar-refractivity contribution in [1.82, 2.24) is 10.6 Å². The van der Waals surface area contributed by atoms with E-state index < -0.39 is 9.84 Å². The number of piperidine rings is 1. The molecule has 0 bridgehead atoms. The van der Waals surface area contributed by atoms with Gasteiger partial charge in [0.15, 0.2) is 9.84 Å². The lowest BCUT2D eigenvalue weighted by Gasteiger charge is -2.30. The maximum atomic E-state index is 12.2. The molecule has 1 aromatic carbocycles. The van der Waals surface area contributed by atoms with E-state index in [1.807, 2.05) is 0 Å². The van der Waals surface area contributed by atoms with Gasteiger partial charge in [-0.3, -0.25) is 4.79 Å². The maximum absolute atomic E-state index is 12.2. The van der Waals surface area contributed by atoms with Gasteiger partial charge in [-0.1, -0.05) is 12.1 Å². The smallest absolute Gasteiger partial charge is 0.251 e. The second-order valence-electron chi connectivity index (χ2n) is 5.73. The van der Waals surface area contributed by atoms with Crippen LogP contribution in [0.4, 0.5) is 0 Å². The van der Waals surface area contributed by atoms with Crippen molar-refractivity contribution in [3.63, 3.8) is 0 Å². The zero-order valence-corrected chi connectivity index (χ0v) is 14.5. The molecule has 2 unspecified atom stereocenters. The summed E-state index contributed by atoms with van der Waals surface area (Å²) in [6.45, 7) is 3.06. The highest BCUT2D eigenvalue weighted by molar-refractivity contribution is 7.89. The van der Waals surface area contributed by atoms with E-state index in [1.165, 1.54) is 6.26 Å². The molecule has 0 saturated carbocycles. The number of carbonyl (C=O) groups is 1. The van der Waals surface area contributed by atoms with Gasteiger partial charge in [0.05, 0.1) is 5.75 Å². The van der Waals surface area contributed by atoms with Crippen molar-refractivity contribution in [2.75, 3.05) is 12.8 Å². The first-order chi connectivity index (χ1) is 9.85. The third-order valence-electron chi connectivity index (χ3n) is 3.72. The molecule has 5 nitrogen and oxygen atoms in total. The van der Waals surface area contributed by atoms with E-state index in [0.717, 1.165) is 19.4 Å². The predicted octanol–water partition coefficient (Wildman–Crippen LogP) is 1.52. The topological polar surface area (TPSA) is 75.3 Å². The van der Waals surface area contributed by atoms with Gasteiger partial charge in [0, 0.05) is 23.9 Å². The van der Waals surface area contributed by atoms with Crippen LogP contribution in [0.2, 0.25) is 0 Å². The fourth-order valence-electron chi connectivity index (χ4n) is 2.55. The van der Waals surface area contributed by atoms with Crippen molar-refractivity contribution < 1.29 is 13.2 Å². The fourth-order valence-corrected chi connectivity index (χ4v) is 3.35. The summed E-state index contributed by atoms with van der Waals surface area (Å²) in [5.41, 5.74) is 1.26. The number of carbonyl (C=O) groups excluding carboxylic acids is 1. The van der Waals surface area contributed by atoms with Crippen LogP contribution in [-0.4, -0.2) is 39.2 Å². The first-order valence-corrected chi connectivity index (χ1v) is 9.22. The molecule has 1 aliphatic rings. The number of nitrogens with one attached hydrogen (secondary N) is 2. The van der Waals surface area contributed by atoms with E-state index in [1.54, 1.807) is 24.3 Å². The van der Waals surface area contributed by atoms with Gasteiger partial charge in [0.25, 0.3) is 5.91 Å². The molecule has 0 spiro atoms. The summed E-state index contributed by atoms with van der Waals surface area (Å²) in [5.74, 6) is -0.111. The van der Waals surface area contributed by atoms with Crippen molar-refractivity contribution >= 4 is 28.2 Å². The summed E-state index contributed by atoms with van der Waals surface area (Å²) in [5, 5.41) is 6.38. The molecule has 7 heteroatoms. The minimum atomic E-state index is -3.05. The van der Waals surface area contributed by atoms with Crippen molar-refractivity contribution in [3.05, 3.63) is 35.4 Å². The highest BCUT2D eigenvalue weighted by Crippen LogP contribution is 2.11. The maximum Gasteiger partial charge on any atom is 0.251 e. The number of hydrogen-bond donors (Lipinski definition) is 2. The number of hydrogen-bond acceptors (Lipinski definition) is 4. The third-order valence-corrected chi connectivity index (χ3v) is 4.58. The summed E-state index contributed by atoms with van der Waals surface area (Å²) >= 11 is 0. The summed E-state index contributed by atoms with van der Waals surface area (Å²) in [6, 6.07) is 7.15. The lowest BCUT2D eigenvalue weighted by Crippen LogP contribution is -2.51. The number of amides is 1. The zero-order chi connectivity index (χ0) is 15.5. The molecule has 1 aromatic rings. The Balaban J connectivity index is 0.00000242. The first-order valence-electron chi connectivity index (χ1n) is 7.16. The molecule has 2 atom stereocenters. The lowest BCUT2D eigenvalue weighted by molar-refractivity contribution is 0.0920. The van der Waals surface area contributed by atoms with E-state index in [0.29, 0.717) is 11.1 Å². The Labute approximate surface area is 138 Å². The van der Waals surface area contributed by atoms with Crippen molar-refractivity contribution in [1.29, 1.82) is 0 Å². The Bertz CT molecular complexity index is 602. The average molecular weight is 347 g/mol. The van der Waals surface area contributed by atoms with E-state index in [9.17, 15) is 13.2 Å². The minimum Gasteiger partial charge on any atom is -0.348 e. The molecule has 1 aliphatic heterocycles. The molecule has 2 rings (SSSR count). The Morgan fingerprint density at radius 3 is 2.50 bits per heavy atom. The molecule has 0 aromatic heterocycles. The first kappa shape index (κ1) is 18.9. The Hall–Kier alpha value is -1.11. The molecule has 0 aliphatic carbocycles. The number of benzene rings is 1. The molecular formula is C15H23ClN2O3S. The number of halogens is 1. The Morgan fingerprint density at radius 1 is 1.32 bits per heavy atom. The van der Waals surface area contributed by atoms with Gasteiger partial charge in [-0.2, -0.15) is 0 Å². The third kappa shape index (κ3) is 5.59. The van der Waals surface area contributed by atoms with Crippen LogP contribution in [-0.2, 0) is 15.6 Å². The van der Waals surface area contributed by atoms with E-state index in [2.05, 4.69) is 17.6 Å². The van der Waals surface area contributed by atoms with Crippen LogP contribution in [0.3, 0.4) is 0 Å². The van der Waals surface area contributed by atoms with Crippen LogP contribution in [0.5, 0.6) is 0 Å². The molecule has 2 N–H and O–H groups in total. The van der Waals surface area contributed by atoms with Gasteiger partial charge in [0.2, 0.25) is 0 Å². The normalized spacial score (nSPS) is 21.7. The largest absolute Gasteiger partial charge is 0.348 e. The van der Waals surface area contributed by atoms with E-state index in [4.69, 9.17) is 0 Å². The molecule has 124 valence electrons. The van der Waals surface area contributed by atoms with Crippen LogP contribution in [0, 0.1) is 0 Å². The molecular weight excluding hydrogens is 324 g/mol. The van der Waals surface area contributed by atoms with Crippen LogP contribution in [0.25, 0.3) is 0 Å². The van der Waals surface area contributed by atoms with Crippen LogP contribution >= 0.6 is 12.4 Å². The van der Waals surface area contributed by atoms with Gasteiger partial charge in [-0.15, -0.1) is 12.4 Å². The van der Waals surface area contributed by atoms with E-state index >= 15 is 0 Å². The van der Waals surface area contributed by atoms with Crippen LogP contribution in [0.1, 0.15) is 35.7 Å². The molecule has 1 amide bonds. The van der Waals surface area contributed by atoms with Crippen LogP contribution in [0.15, 0.2) is 24.3 Å². The van der Waals surface area contributed by atoms with Gasteiger partial charge >= 0.3 is 0 Å². The standard InChI is InChI=1S/C15H22N2O3S.ClH/c1-11-14(4-3-9-16-11)17-15(18)13-7-5-12(6-8-13)10-21(2,19)20;/h5-8,11,14,16H,3-4,9-10H2,1-2H3,(H,17,18);1H. The molecule has 1 saturated heterocycles. The quantitative estimate of drug-likeness (QED) is 0.866. The summed E-state index contributed by atoms with van der Waals surface area (Å²) in [4.78, 5) is 12.2. The Kier molecular flexibility index (Phi) is 6.84. The minimum absolute atomic E-state index is 0. The lowest BCUT2D eigenvalue weighted by atomic mass is 9.99. The average Bonchev–Trinajstić information content (AvgIpc) is 2.40. The highest BCUT2D eigenvalue weighted by Gasteiger charge is 2.22. The summed E-state index contributed by atoms with van der Waals surface area (Å²) in [7, 11) is -3.05. The van der Waals surface area contributed by atoms with Gasteiger partial charge in [-0.25, -0.2) is 8.42 Å². The second-order valence-corrected chi connectivity index (χ2v) is 7.87. The Morgan fingerprint density at radius 2 is 1.95 bits per heavy atom. The molecule has 0 radical (unpaired) electrons. The zero-order valence-electron chi connectivity index (χ0n) is 12.8. The highest BCUT2D eigenvalue weighted by atomic mass is 35.5. The second kappa shape index (κ2) is 7.94. The molecule has 1 heterocycles. The fraction of sp³-hybridized carbons (Fsp3) is 0.533. The monoisotopic (exact) mass is 346 g/mol. The van der Waals surface area contributed by atoms with Crippen molar-refractivity contribution in [2.24, 2.45) is 0 Å². The van der Waals surface area contributed by atoms with Crippen LogP contribution < -0.4 is 10.6 Å². The number of sulfone groups is 1. The number of rotatable bonds is 4. The predicted molar refractivity (Wildman–Crippen MR) is 90.2 cm³/mol. The molecule has 1 fully saturated rings. The van der Waals surface area contributed by atoms with Gasteiger partial charge in [-0.05, 0) is 44.0 Å². The van der Waals surface area contributed by atoms with Gasteiger partial charge < -0.3 is 10.6 Å².